The summed E-state index contributed by atoms with van der Waals surface area (Å²) in [4.78, 5) is 27.1. The Balaban J connectivity index is 0.00000208. The highest BCUT2D eigenvalue weighted by molar-refractivity contribution is 6.42. The second-order valence-electron chi connectivity index (χ2n) is 5.03. The van der Waals surface area contributed by atoms with Crippen LogP contribution < -0.4 is 4.74 Å². The summed E-state index contributed by atoms with van der Waals surface area (Å²) in [5.41, 5.74) is 1.67. The maximum absolute atomic E-state index is 11.9. The third-order valence-corrected chi connectivity index (χ3v) is 3.56. The van der Waals surface area contributed by atoms with Crippen LogP contribution in [0.4, 0.5) is 0 Å². The molecule has 0 unspecified atom stereocenters. The number of methoxy groups -OCH3 is 1. The molecule has 2 aromatic heterocycles. The predicted octanol–water partition coefficient (Wildman–Crippen LogP) is 2.78. The van der Waals surface area contributed by atoms with Gasteiger partial charge in [-0.25, -0.2) is 9.78 Å². The molecular formula is C17H15ClN2O4. The molecule has 3 rings (SSSR count). The van der Waals surface area contributed by atoms with Crippen LogP contribution in [0.25, 0.3) is 11.0 Å². The number of hydrogen-bond donors (Lipinski definition) is 1. The number of aromatic nitrogens is 2. The summed E-state index contributed by atoms with van der Waals surface area (Å²) in [5, 5.41) is 9.50. The molecule has 0 fully saturated rings. The van der Waals surface area contributed by atoms with Crippen molar-refractivity contribution in [3.05, 3.63) is 59.9 Å². The van der Waals surface area contributed by atoms with Gasteiger partial charge in [0.25, 0.3) is 5.78 Å². The summed E-state index contributed by atoms with van der Waals surface area (Å²) in [7, 11) is 1.59. The molecule has 0 spiro atoms. The van der Waals surface area contributed by atoms with Gasteiger partial charge in [0.2, 0.25) is 0 Å². The van der Waals surface area contributed by atoms with Crippen molar-refractivity contribution in [2.45, 2.75) is 6.54 Å². The Morgan fingerprint density at radius 1 is 1.25 bits per heavy atom. The van der Waals surface area contributed by atoms with Gasteiger partial charge in [-0.3, -0.25) is 4.79 Å². The van der Waals surface area contributed by atoms with Crippen LogP contribution in [0.5, 0.6) is 5.75 Å². The van der Waals surface area contributed by atoms with Gasteiger partial charge in [0.1, 0.15) is 11.4 Å². The van der Waals surface area contributed by atoms with Crippen LogP contribution in [0.2, 0.25) is 0 Å². The summed E-state index contributed by atoms with van der Waals surface area (Å²) in [6.45, 7) is 0.456. The van der Waals surface area contributed by atoms with Crippen molar-refractivity contribution >= 4 is 35.2 Å². The minimum Gasteiger partial charge on any atom is -0.497 e. The zero-order valence-electron chi connectivity index (χ0n) is 12.8. The van der Waals surface area contributed by atoms with E-state index in [1.54, 1.807) is 30.0 Å². The van der Waals surface area contributed by atoms with Gasteiger partial charge in [-0.05, 0) is 29.8 Å². The van der Waals surface area contributed by atoms with Gasteiger partial charge in [0.15, 0.2) is 0 Å². The fourth-order valence-corrected chi connectivity index (χ4v) is 2.51. The molecule has 124 valence electrons. The Morgan fingerprint density at radius 2 is 2.04 bits per heavy atom. The Morgan fingerprint density at radius 3 is 2.75 bits per heavy atom. The fraction of sp³-hybridized carbons (Fsp3) is 0.118. The van der Waals surface area contributed by atoms with Crippen LogP contribution in [-0.2, 0) is 11.3 Å². The largest absolute Gasteiger partial charge is 0.497 e. The highest BCUT2D eigenvalue weighted by atomic mass is 35.5. The van der Waals surface area contributed by atoms with E-state index in [1.807, 2.05) is 24.3 Å². The molecule has 0 saturated heterocycles. The number of aliphatic carboxylic acids is 1. The van der Waals surface area contributed by atoms with Crippen molar-refractivity contribution < 1.29 is 19.4 Å². The molecule has 1 aromatic carbocycles. The summed E-state index contributed by atoms with van der Waals surface area (Å²) >= 11 is 0. The van der Waals surface area contributed by atoms with Gasteiger partial charge in [-0.2, -0.15) is 0 Å². The standard InChI is InChI=1S/C17H14N2O4.ClH/c1-23-12-5-2-4-11(8-12)9-19-10-14(15(20)17(21)22)13-6-3-7-18-16(13)19;/h2-8,10H,9H2,1H3,(H,21,22);1H. The molecule has 0 aliphatic heterocycles. The van der Waals surface area contributed by atoms with Crippen molar-refractivity contribution in [1.29, 1.82) is 0 Å². The number of Topliss-reactive ketones (excluding diaryl/α,β-unsaturated/α-hetero) is 1. The molecule has 0 amide bonds. The molecule has 6 nitrogen and oxygen atoms in total. The van der Waals surface area contributed by atoms with E-state index in [-0.39, 0.29) is 18.0 Å². The number of carboxylic acids is 1. The first-order valence-electron chi connectivity index (χ1n) is 6.94. The van der Waals surface area contributed by atoms with E-state index in [9.17, 15) is 9.59 Å². The lowest BCUT2D eigenvalue weighted by Crippen LogP contribution is -2.12. The van der Waals surface area contributed by atoms with Gasteiger partial charge < -0.3 is 14.4 Å². The Bertz CT molecular complexity index is 904. The number of rotatable bonds is 5. The second-order valence-corrected chi connectivity index (χ2v) is 5.03. The highest BCUT2D eigenvalue weighted by Crippen LogP contribution is 2.22. The Hall–Kier alpha value is -2.86. The lowest BCUT2D eigenvalue weighted by molar-refractivity contribution is -0.131. The number of benzene rings is 1. The number of pyridine rings is 1. The molecule has 1 N–H and O–H groups in total. The SMILES string of the molecule is COc1cccc(Cn2cc(C(=O)C(=O)O)c3cccnc32)c1.Cl. The lowest BCUT2D eigenvalue weighted by Gasteiger charge is -2.06. The van der Waals surface area contributed by atoms with Crippen LogP contribution in [0.1, 0.15) is 15.9 Å². The molecule has 0 saturated carbocycles. The number of carboxylic acid groups (broad SMARTS) is 1. The van der Waals surface area contributed by atoms with E-state index in [0.717, 1.165) is 11.3 Å². The number of halogens is 1. The maximum Gasteiger partial charge on any atom is 0.377 e. The van der Waals surface area contributed by atoms with Crippen molar-refractivity contribution in [2.75, 3.05) is 7.11 Å². The van der Waals surface area contributed by atoms with E-state index in [0.29, 0.717) is 17.6 Å². The van der Waals surface area contributed by atoms with Crippen molar-refractivity contribution in [3.8, 4) is 5.75 Å². The Kier molecular flexibility index (Phi) is 5.21. The summed E-state index contributed by atoms with van der Waals surface area (Å²) in [6, 6.07) is 10.9. The summed E-state index contributed by atoms with van der Waals surface area (Å²) in [5.74, 6) is -1.68. The van der Waals surface area contributed by atoms with Gasteiger partial charge in [0, 0.05) is 24.3 Å². The van der Waals surface area contributed by atoms with Crippen LogP contribution in [0.15, 0.2) is 48.8 Å². The topological polar surface area (TPSA) is 81.4 Å². The first kappa shape index (κ1) is 17.5. The summed E-state index contributed by atoms with van der Waals surface area (Å²) in [6.07, 6.45) is 3.15. The smallest absolute Gasteiger partial charge is 0.377 e. The summed E-state index contributed by atoms with van der Waals surface area (Å²) < 4.78 is 6.96. The molecule has 7 heteroatoms. The third-order valence-electron chi connectivity index (χ3n) is 3.56. The average Bonchev–Trinajstić information content (AvgIpc) is 2.93. The number of ketones is 1. The van der Waals surface area contributed by atoms with Crippen LogP contribution in [0.3, 0.4) is 0 Å². The molecule has 24 heavy (non-hydrogen) atoms. The van der Waals surface area contributed by atoms with Gasteiger partial charge in [0.05, 0.1) is 12.7 Å². The monoisotopic (exact) mass is 346 g/mol. The molecule has 3 aromatic rings. The fourth-order valence-electron chi connectivity index (χ4n) is 2.51. The molecule has 0 aliphatic carbocycles. The molecule has 0 aliphatic rings. The van der Waals surface area contributed by atoms with E-state index < -0.39 is 11.8 Å². The van der Waals surface area contributed by atoms with E-state index in [2.05, 4.69) is 4.98 Å². The van der Waals surface area contributed by atoms with Gasteiger partial charge >= 0.3 is 5.97 Å². The molecule has 0 atom stereocenters. The first-order chi connectivity index (χ1) is 11.1. The van der Waals surface area contributed by atoms with E-state index in [4.69, 9.17) is 9.84 Å². The zero-order chi connectivity index (χ0) is 16.4. The molecule has 2 heterocycles. The predicted molar refractivity (Wildman–Crippen MR) is 91.0 cm³/mol. The van der Waals surface area contributed by atoms with Crippen molar-refractivity contribution in [1.82, 2.24) is 9.55 Å². The average molecular weight is 347 g/mol. The number of fused-ring (bicyclic) bond motifs is 1. The normalized spacial score (nSPS) is 10.2. The molecule has 0 bridgehead atoms. The number of hydrogen-bond acceptors (Lipinski definition) is 4. The molecule has 0 radical (unpaired) electrons. The van der Waals surface area contributed by atoms with E-state index in [1.165, 1.54) is 6.20 Å². The lowest BCUT2D eigenvalue weighted by atomic mass is 10.1. The van der Waals surface area contributed by atoms with Gasteiger partial charge in [-0.1, -0.05) is 12.1 Å². The van der Waals surface area contributed by atoms with Crippen LogP contribution in [-0.4, -0.2) is 33.5 Å². The van der Waals surface area contributed by atoms with Gasteiger partial charge in [-0.15, -0.1) is 12.4 Å². The van der Waals surface area contributed by atoms with Crippen LogP contribution in [0, 0.1) is 0 Å². The Labute approximate surface area is 144 Å². The quantitative estimate of drug-likeness (QED) is 0.567. The number of carbonyl (C=O) groups is 2. The number of carbonyl (C=O) groups excluding carboxylic acids is 1. The number of nitrogens with zero attached hydrogens (tertiary/aromatic N) is 2. The molecular weight excluding hydrogens is 332 g/mol. The third kappa shape index (κ3) is 3.23. The second kappa shape index (κ2) is 7.14. The highest BCUT2D eigenvalue weighted by Gasteiger charge is 2.21. The first-order valence-corrected chi connectivity index (χ1v) is 6.94. The minimum atomic E-state index is -1.48. The van der Waals surface area contributed by atoms with Crippen molar-refractivity contribution in [2.24, 2.45) is 0 Å². The minimum absolute atomic E-state index is 0. The van der Waals surface area contributed by atoms with Crippen LogP contribution >= 0.6 is 12.4 Å². The number of ether oxygens (including phenoxy) is 1. The maximum atomic E-state index is 11.9. The zero-order valence-corrected chi connectivity index (χ0v) is 13.6. The van der Waals surface area contributed by atoms with Crippen molar-refractivity contribution in [3.63, 3.8) is 0 Å². The van der Waals surface area contributed by atoms with E-state index >= 15 is 0 Å².